The molecule has 0 aromatic carbocycles. The number of nitrogens with two attached hydrogens (primary N) is 1. The van der Waals surface area contributed by atoms with E-state index in [4.69, 9.17) is 17.3 Å². The summed E-state index contributed by atoms with van der Waals surface area (Å²) in [6, 6.07) is 0. The molecular formula is C7H10ClN5O. The van der Waals surface area contributed by atoms with Gasteiger partial charge in [-0.3, -0.25) is 10.1 Å². The Morgan fingerprint density at radius 2 is 2.14 bits per heavy atom. The molecule has 1 heterocycles. The number of nitrogens with zero attached hydrogens (tertiary/aromatic N) is 2. The predicted octanol–water partition coefficient (Wildman–Crippen LogP) is 0.712. The second-order valence-electron chi connectivity index (χ2n) is 2.53. The first kappa shape index (κ1) is 10.5. The lowest BCUT2D eigenvalue weighted by Crippen LogP contribution is -2.11. The van der Waals surface area contributed by atoms with Gasteiger partial charge >= 0.3 is 0 Å². The SMILES string of the molecule is CNc1c(N)nc(NC(C)=O)nc1Cl. The van der Waals surface area contributed by atoms with Crippen molar-refractivity contribution in [2.45, 2.75) is 6.92 Å². The van der Waals surface area contributed by atoms with Crippen LogP contribution in [-0.2, 0) is 4.79 Å². The predicted molar refractivity (Wildman–Crippen MR) is 55.3 cm³/mol. The van der Waals surface area contributed by atoms with E-state index in [2.05, 4.69) is 20.6 Å². The maximum absolute atomic E-state index is 10.7. The number of hydrogen-bond acceptors (Lipinski definition) is 5. The number of nitrogen functional groups attached to an aromatic ring is 1. The zero-order valence-electron chi connectivity index (χ0n) is 7.76. The highest BCUT2D eigenvalue weighted by Gasteiger charge is 2.09. The second-order valence-corrected chi connectivity index (χ2v) is 2.89. The third-order valence-corrected chi connectivity index (χ3v) is 1.70. The summed E-state index contributed by atoms with van der Waals surface area (Å²) in [5.74, 6) is 0.00734. The summed E-state index contributed by atoms with van der Waals surface area (Å²) in [6.07, 6.45) is 0. The van der Waals surface area contributed by atoms with Crippen molar-refractivity contribution in [2.75, 3.05) is 23.4 Å². The second kappa shape index (κ2) is 4.10. The highest BCUT2D eigenvalue weighted by atomic mass is 35.5. The van der Waals surface area contributed by atoms with E-state index in [9.17, 15) is 4.79 Å². The van der Waals surface area contributed by atoms with E-state index >= 15 is 0 Å². The van der Waals surface area contributed by atoms with Crippen LogP contribution < -0.4 is 16.4 Å². The van der Waals surface area contributed by atoms with Gasteiger partial charge < -0.3 is 11.1 Å². The molecule has 0 radical (unpaired) electrons. The molecule has 0 spiro atoms. The van der Waals surface area contributed by atoms with Gasteiger partial charge in [-0.05, 0) is 0 Å². The minimum absolute atomic E-state index is 0.0963. The molecule has 1 aromatic heterocycles. The van der Waals surface area contributed by atoms with Gasteiger partial charge in [-0.15, -0.1) is 0 Å². The molecule has 0 aliphatic carbocycles. The fraction of sp³-hybridized carbons (Fsp3) is 0.286. The van der Waals surface area contributed by atoms with E-state index in [1.807, 2.05) is 0 Å². The van der Waals surface area contributed by atoms with Gasteiger partial charge in [0.15, 0.2) is 11.0 Å². The number of halogens is 1. The van der Waals surface area contributed by atoms with Crippen molar-refractivity contribution >= 4 is 35.0 Å². The first-order chi connectivity index (χ1) is 6.54. The Hall–Kier alpha value is -1.56. The van der Waals surface area contributed by atoms with Crippen molar-refractivity contribution in [3.8, 4) is 0 Å². The van der Waals surface area contributed by atoms with Gasteiger partial charge in [-0.25, -0.2) is 0 Å². The van der Waals surface area contributed by atoms with Crippen LogP contribution in [0.4, 0.5) is 17.5 Å². The molecule has 7 heteroatoms. The van der Waals surface area contributed by atoms with Crippen LogP contribution in [0.3, 0.4) is 0 Å². The van der Waals surface area contributed by atoms with Crippen LogP contribution in [0.5, 0.6) is 0 Å². The molecule has 4 N–H and O–H groups in total. The fourth-order valence-electron chi connectivity index (χ4n) is 0.894. The Bertz CT molecular complexity index is 344. The first-order valence-electron chi connectivity index (χ1n) is 3.83. The number of amides is 1. The maximum Gasteiger partial charge on any atom is 0.232 e. The summed E-state index contributed by atoms with van der Waals surface area (Å²) in [5, 5.41) is 5.30. The number of anilines is 3. The minimum atomic E-state index is -0.280. The summed E-state index contributed by atoms with van der Waals surface area (Å²) in [4.78, 5) is 18.4. The molecule has 0 saturated heterocycles. The van der Waals surface area contributed by atoms with E-state index in [0.29, 0.717) is 5.69 Å². The summed E-state index contributed by atoms with van der Waals surface area (Å²) in [5.41, 5.74) is 6.00. The lowest BCUT2D eigenvalue weighted by atomic mass is 10.5. The zero-order valence-corrected chi connectivity index (χ0v) is 8.51. The van der Waals surface area contributed by atoms with Crippen LogP contribution >= 0.6 is 11.6 Å². The van der Waals surface area contributed by atoms with Crippen LogP contribution in [0.25, 0.3) is 0 Å². The van der Waals surface area contributed by atoms with Crippen LogP contribution in [0, 0.1) is 0 Å². The Morgan fingerprint density at radius 1 is 1.50 bits per heavy atom. The highest BCUT2D eigenvalue weighted by Crippen LogP contribution is 2.25. The van der Waals surface area contributed by atoms with E-state index in [1.54, 1.807) is 7.05 Å². The Kier molecular flexibility index (Phi) is 3.08. The quantitative estimate of drug-likeness (QED) is 0.632. The van der Waals surface area contributed by atoms with Crippen molar-refractivity contribution < 1.29 is 4.79 Å². The molecule has 1 aromatic rings. The largest absolute Gasteiger partial charge is 0.383 e. The van der Waals surface area contributed by atoms with Crippen molar-refractivity contribution in [2.24, 2.45) is 0 Å². The summed E-state index contributed by atoms with van der Waals surface area (Å²) >= 11 is 5.77. The highest BCUT2D eigenvalue weighted by molar-refractivity contribution is 6.32. The number of carbonyl (C=O) groups is 1. The fourth-order valence-corrected chi connectivity index (χ4v) is 1.17. The molecule has 76 valence electrons. The van der Waals surface area contributed by atoms with E-state index in [-0.39, 0.29) is 22.8 Å². The van der Waals surface area contributed by atoms with Crippen LogP contribution in [0.2, 0.25) is 5.15 Å². The average molecular weight is 216 g/mol. The van der Waals surface area contributed by atoms with Crippen molar-refractivity contribution in [3.05, 3.63) is 5.15 Å². The molecule has 1 rings (SSSR count). The Balaban J connectivity index is 3.07. The van der Waals surface area contributed by atoms with Crippen molar-refractivity contribution in [1.82, 2.24) is 9.97 Å². The van der Waals surface area contributed by atoms with Crippen molar-refractivity contribution in [3.63, 3.8) is 0 Å². The molecule has 0 fully saturated rings. The molecule has 0 saturated carbocycles. The normalized spacial score (nSPS) is 9.64. The van der Waals surface area contributed by atoms with Gasteiger partial charge in [-0.1, -0.05) is 11.6 Å². The smallest absolute Gasteiger partial charge is 0.232 e. The molecule has 0 atom stereocenters. The van der Waals surface area contributed by atoms with E-state index in [1.165, 1.54) is 6.92 Å². The standard InChI is InChI=1S/C7H10ClN5O/c1-3(14)11-7-12-5(8)4(10-2)6(9)13-7/h10H,1-2H3,(H3,9,11,12,13,14). The van der Waals surface area contributed by atoms with Crippen molar-refractivity contribution in [1.29, 1.82) is 0 Å². The number of aromatic nitrogens is 2. The van der Waals surface area contributed by atoms with Crippen LogP contribution in [0.1, 0.15) is 6.92 Å². The van der Waals surface area contributed by atoms with Crippen LogP contribution in [-0.4, -0.2) is 22.9 Å². The van der Waals surface area contributed by atoms with E-state index < -0.39 is 0 Å². The number of nitrogens with one attached hydrogen (secondary N) is 2. The summed E-state index contributed by atoms with van der Waals surface area (Å²) in [6.45, 7) is 1.35. The molecule has 0 bridgehead atoms. The summed E-state index contributed by atoms with van der Waals surface area (Å²) in [7, 11) is 1.65. The molecule has 1 amide bonds. The van der Waals surface area contributed by atoms with Crippen LogP contribution in [0.15, 0.2) is 0 Å². The van der Waals surface area contributed by atoms with Gasteiger partial charge in [0.2, 0.25) is 11.9 Å². The zero-order chi connectivity index (χ0) is 10.7. The number of rotatable bonds is 2. The molecule has 0 aliphatic heterocycles. The molecular weight excluding hydrogens is 206 g/mol. The Labute approximate surface area is 85.9 Å². The van der Waals surface area contributed by atoms with Gasteiger partial charge in [-0.2, -0.15) is 9.97 Å². The topological polar surface area (TPSA) is 92.9 Å². The molecule has 0 aliphatic rings. The lowest BCUT2D eigenvalue weighted by Gasteiger charge is -2.07. The number of carbonyl (C=O) groups excluding carboxylic acids is 1. The molecule has 6 nitrogen and oxygen atoms in total. The minimum Gasteiger partial charge on any atom is -0.383 e. The molecule has 0 unspecified atom stereocenters. The maximum atomic E-state index is 10.7. The van der Waals surface area contributed by atoms with Gasteiger partial charge in [0.1, 0.15) is 5.69 Å². The first-order valence-corrected chi connectivity index (χ1v) is 4.20. The lowest BCUT2D eigenvalue weighted by molar-refractivity contribution is -0.114. The third-order valence-electron chi connectivity index (χ3n) is 1.43. The average Bonchev–Trinajstić information content (AvgIpc) is 2.01. The molecule has 14 heavy (non-hydrogen) atoms. The van der Waals surface area contributed by atoms with Gasteiger partial charge in [0.05, 0.1) is 0 Å². The van der Waals surface area contributed by atoms with E-state index in [0.717, 1.165) is 0 Å². The number of hydrogen-bond donors (Lipinski definition) is 3. The van der Waals surface area contributed by atoms with Gasteiger partial charge in [0.25, 0.3) is 0 Å². The summed E-state index contributed by atoms with van der Waals surface area (Å²) < 4.78 is 0. The third kappa shape index (κ3) is 2.23. The monoisotopic (exact) mass is 215 g/mol. The van der Waals surface area contributed by atoms with Gasteiger partial charge in [0, 0.05) is 14.0 Å². The Morgan fingerprint density at radius 3 is 2.57 bits per heavy atom.